The molecule has 3 nitrogen and oxygen atoms in total. The molecular weight excluding hydrogens is 243 g/mol. The highest BCUT2D eigenvalue weighted by molar-refractivity contribution is 5.24. The summed E-state index contributed by atoms with van der Waals surface area (Å²) in [6.45, 7) is 3.19. The number of nitrogens with zero attached hydrogens (tertiary/aromatic N) is 1. The lowest BCUT2D eigenvalue weighted by Crippen LogP contribution is -2.13. The fourth-order valence-electron chi connectivity index (χ4n) is 1.80. The second-order valence-corrected chi connectivity index (χ2v) is 4.40. The minimum absolute atomic E-state index is 0.164. The average molecular weight is 260 g/mol. The van der Waals surface area contributed by atoms with Crippen LogP contribution in [-0.4, -0.2) is 12.1 Å². The SMILES string of the molecule is COc1ccc(CNCc2ccc(F)c(C)c2)cn1. The normalized spacial score (nSPS) is 10.5. The summed E-state index contributed by atoms with van der Waals surface area (Å²) in [7, 11) is 1.59. The minimum Gasteiger partial charge on any atom is -0.481 e. The number of methoxy groups -OCH3 is 1. The first-order valence-corrected chi connectivity index (χ1v) is 6.13. The van der Waals surface area contributed by atoms with Crippen molar-refractivity contribution in [3.63, 3.8) is 0 Å². The molecule has 0 aliphatic carbocycles. The van der Waals surface area contributed by atoms with Crippen molar-refractivity contribution in [1.82, 2.24) is 10.3 Å². The van der Waals surface area contributed by atoms with Crippen molar-refractivity contribution >= 4 is 0 Å². The van der Waals surface area contributed by atoms with Gasteiger partial charge in [0.1, 0.15) is 5.82 Å². The van der Waals surface area contributed by atoms with Gasteiger partial charge < -0.3 is 10.1 Å². The summed E-state index contributed by atoms with van der Waals surface area (Å²) in [5, 5.41) is 3.30. The third-order valence-corrected chi connectivity index (χ3v) is 2.89. The van der Waals surface area contributed by atoms with Gasteiger partial charge in [0.25, 0.3) is 0 Å². The predicted molar refractivity (Wildman–Crippen MR) is 72.5 cm³/mol. The van der Waals surface area contributed by atoms with E-state index >= 15 is 0 Å². The molecule has 2 aromatic rings. The van der Waals surface area contributed by atoms with Crippen molar-refractivity contribution in [3.8, 4) is 5.88 Å². The number of hydrogen-bond donors (Lipinski definition) is 1. The van der Waals surface area contributed by atoms with Crippen LogP contribution in [0.1, 0.15) is 16.7 Å². The standard InChI is InChI=1S/C15H17FN2O/c1-11-7-12(3-5-14(11)16)8-17-9-13-4-6-15(19-2)18-10-13/h3-7,10,17H,8-9H2,1-2H3. The quantitative estimate of drug-likeness (QED) is 0.897. The zero-order chi connectivity index (χ0) is 13.7. The highest BCUT2D eigenvalue weighted by Gasteiger charge is 2.00. The van der Waals surface area contributed by atoms with Gasteiger partial charge in [-0.2, -0.15) is 0 Å². The predicted octanol–water partition coefficient (Wildman–Crippen LogP) is 2.83. The van der Waals surface area contributed by atoms with E-state index in [1.54, 1.807) is 26.3 Å². The summed E-state index contributed by atoms with van der Waals surface area (Å²) in [6, 6.07) is 8.95. The summed E-state index contributed by atoms with van der Waals surface area (Å²) >= 11 is 0. The summed E-state index contributed by atoms with van der Waals surface area (Å²) in [4.78, 5) is 4.14. The fourth-order valence-corrected chi connectivity index (χ4v) is 1.80. The number of hydrogen-bond acceptors (Lipinski definition) is 3. The maximum Gasteiger partial charge on any atom is 0.212 e. The topological polar surface area (TPSA) is 34.1 Å². The zero-order valence-electron chi connectivity index (χ0n) is 11.1. The Balaban J connectivity index is 1.86. The van der Waals surface area contributed by atoms with Crippen LogP contribution in [0.5, 0.6) is 5.88 Å². The minimum atomic E-state index is -0.164. The third kappa shape index (κ3) is 3.76. The van der Waals surface area contributed by atoms with Crippen LogP contribution in [0, 0.1) is 12.7 Å². The maximum atomic E-state index is 13.1. The second kappa shape index (κ2) is 6.29. The molecule has 0 bridgehead atoms. The number of pyridine rings is 1. The Morgan fingerprint density at radius 3 is 2.53 bits per heavy atom. The van der Waals surface area contributed by atoms with E-state index in [1.165, 1.54) is 6.07 Å². The molecule has 1 aromatic heterocycles. The Bertz CT molecular complexity index is 540. The molecule has 0 saturated heterocycles. The van der Waals surface area contributed by atoms with Gasteiger partial charge in [-0.15, -0.1) is 0 Å². The number of benzene rings is 1. The second-order valence-electron chi connectivity index (χ2n) is 4.40. The van der Waals surface area contributed by atoms with Gasteiger partial charge in [0.05, 0.1) is 7.11 Å². The Kier molecular flexibility index (Phi) is 4.47. The van der Waals surface area contributed by atoms with Crippen LogP contribution in [0.2, 0.25) is 0 Å². The van der Waals surface area contributed by atoms with Crippen molar-refractivity contribution in [2.45, 2.75) is 20.0 Å². The lowest BCUT2D eigenvalue weighted by Gasteiger charge is -2.07. The van der Waals surface area contributed by atoms with Crippen LogP contribution in [0.4, 0.5) is 4.39 Å². The summed E-state index contributed by atoms with van der Waals surface area (Å²) in [5.74, 6) is 0.445. The molecule has 0 saturated carbocycles. The molecule has 0 aliphatic rings. The van der Waals surface area contributed by atoms with Gasteiger partial charge in [0, 0.05) is 25.4 Å². The third-order valence-electron chi connectivity index (χ3n) is 2.89. The Labute approximate surface area is 112 Å². The number of nitrogens with one attached hydrogen (secondary N) is 1. The first kappa shape index (κ1) is 13.5. The van der Waals surface area contributed by atoms with Gasteiger partial charge in [-0.3, -0.25) is 0 Å². The van der Waals surface area contributed by atoms with Crippen molar-refractivity contribution in [3.05, 3.63) is 59.0 Å². The molecule has 0 unspecified atom stereocenters. The van der Waals surface area contributed by atoms with Gasteiger partial charge in [0.15, 0.2) is 0 Å². The number of halogens is 1. The van der Waals surface area contributed by atoms with Gasteiger partial charge in [-0.05, 0) is 29.7 Å². The summed E-state index contributed by atoms with van der Waals surface area (Å²) < 4.78 is 18.1. The van der Waals surface area contributed by atoms with Crippen LogP contribution in [-0.2, 0) is 13.1 Å². The van der Waals surface area contributed by atoms with Crippen molar-refractivity contribution in [2.75, 3.05) is 7.11 Å². The molecule has 1 aromatic carbocycles. The van der Waals surface area contributed by atoms with Crippen LogP contribution in [0.15, 0.2) is 36.5 Å². The molecule has 0 amide bonds. The van der Waals surface area contributed by atoms with Gasteiger partial charge in [-0.25, -0.2) is 9.37 Å². The molecule has 19 heavy (non-hydrogen) atoms. The molecule has 0 atom stereocenters. The molecule has 100 valence electrons. The largest absolute Gasteiger partial charge is 0.481 e. The molecule has 4 heteroatoms. The van der Waals surface area contributed by atoms with Crippen molar-refractivity contribution < 1.29 is 9.13 Å². The van der Waals surface area contributed by atoms with Gasteiger partial charge in [-0.1, -0.05) is 18.2 Å². The maximum absolute atomic E-state index is 13.1. The van der Waals surface area contributed by atoms with E-state index in [2.05, 4.69) is 10.3 Å². The number of aryl methyl sites for hydroxylation is 1. The average Bonchev–Trinajstić information content (AvgIpc) is 2.43. The lowest BCUT2D eigenvalue weighted by molar-refractivity contribution is 0.397. The number of rotatable bonds is 5. The number of aromatic nitrogens is 1. The Hall–Kier alpha value is -1.94. The molecule has 2 rings (SSSR count). The Morgan fingerprint density at radius 1 is 1.16 bits per heavy atom. The molecular formula is C15H17FN2O. The molecule has 0 fully saturated rings. The highest BCUT2D eigenvalue weighted by atomic mass is 19.1. The van der Waals surface area contributed by atoms with E-state index in [0.29, 0.717) is 24.5 Å². The summed E-state index contributed by atoms with van der Waals surface area (Å²) in [6.07, 6.45) is 1.78. The fraction of sp³-hybridized carbons (Fsp3) is 0.267. The molecule has 1 heterocycles. The monoisotopic (exact) mass is 260 g/mol. The highest BCUT2D eigenvalue weighted by Crippen LogP contribution is 2.10. The number of ether oxygens (including phenoxy) is 1. The Morgan fingerprint density at radius 2 is 1.89 bits per heavy atom. The van der Waals surface area contributed by atoms with Crippen LogP contribution in [0.3, 0.4) is 0 Å². The van der Waals surface area contributed by atoms with Crippen LogP contribution >= 0.6 is 0 Å². The van der Waals surface area contributed by atoms with Gasteiger partial charge in [0.2, 0.25) is 5.88 Å². The molecule has 0 spiro atoms. The van der Waals surface area contributed by atoms with Crippen molar-refractivity contribution in [2.24, 2.45) is 0 Å². The van der Waals surface area contributed by atoms with E-state index in [4.69, 9.17) is 4.74 Å². The smallest absolute Gasteiger partial charge is 0.212 e. The molecule has 1 N–H and O–H groups in total. The van der Waals surface area contributed by atoms with Crippen molar-refractivity contribution in [1.29, 1.82) is 0 Å². The van der Waals surface area contributed by atoms with E-state index < -0.39 is 0 Å². The van der Waals surface area contributed by atoms with E-state index in [1.807, 2.05) is 18.2 Å². The van der Waals surface area contributed by atoms with Crippen LogP contribution < -0.4 is 10.1 Å². The first-order valence-electron chi connectivity index (χ1n) is 6.13. The zero-order valence-corrected chi connectivity index (χ0v) is 11.1. The first-order chi connectivity index (χ1) is 9.19. The van der Waals surface area contributed by atoms with E-state index in [9.17, 15) is 4.39 Å². The van der Waals surface area contributed by atoms with Crippen LogP contribution in [0.25, 0.3) is 0 Å². The lowest BCUT2D eigenvalue weighted by atomic mass is 10.1. The molecule has 0 aliphatic heterocycles. The van der Waals surface area contributed by atoms with E-state index in [-0.39, 0.29) is 5.82 Å². The van der Waals surface area contributed by atoms with Gasteiger partial charge >= 0.3 is 0 Å². The molecule has 0 radical (unpaired) electrons. The summed E-state index contributed by atoms with van der Waals surface area (Å²) in [5.41, 5.74) is 2.82. The van der Waals surface area contributed by atoms with E-state index in [0.717, 1.165) is 11.1 Å².